The third kappa shape index (κ3) is 4.62. The molecule has 1 amide bonds. The average molecular weight is 247 g/mol. The molecule has 1 aromatic rings. The van der Waals surface area contributed by atoms with Crippen LogP contribution in [0.4, 0.5) is 0 Å². The number of hydrogen-bond donors (Lipinski definition) is 1. The first-order valence-electron chi connectivity index (χ1n) is 6.34. The largest absolute Gasteiger partial charge is 0.494 e. The van der Waals surface area contributed by atoms with E-state index in [1.54, 1.807) is 12.1 Å². The van der Waals surface area contributed by atoms with E-state index >= 15 is 0 Å². The summed E-state index contributed by atoms with van der Waals surface area (Å²) in [4.78, 5) is 11.8. The van der Waals surface area contributed by atoms with Crippen LogP contribution in [0.1, 0.15) is 44.0 Å². The van der Waals surface area contributed by atoms with Gasteiger partial charge in [0.05, 0.1) is 6.61 Å². The SMILES string of the molecule is C/C=C(\C)NC(=O)c1ccc(OCCCC)cc1. The first-order valence-corrected chi connectivity index (χ1v) is 6.34. The van der Waals surface area contributed by atoms with Gasteiger partial charge in [-0.2, -0.15) is 0 Å². The minimum atomic E-state index is -0.0919. The van der Waals surface area contributed by atoms with Crippen LogP contribution in [0.5, 0.6) is 5.75 Å². The van der Waals surface area contributed by atoms with Gasteiger partial charge in [-0.15, -0.1) is 0 Å². The molecule has 1 aromatic carbocycles. The maximum absolute atomic E-state index is 11.8. The average Bonchev–Trinajstić information content (AvgIpc) is 2.39. The zero-order valence-electron chi connectivity index (χ0n) is 11.3. The topological polar surface area (TPSA) is 38.3 Å². The van der Waals surface area contributed by atoms with E-state index < -0.39 is 0 Å². The Balaban J connectivity index is 2.56. The van der Waals surface area contributed by atoms with E-state index in [4.69, 9.17) is 4.74 Å². The van der Waals surface area contributed by atoms with Crippen molar-refractivity contribution in [2.45, 2.75) is 33.6 Å². The minimum Gasteiger partial charge on any atom is -0.494 e. The lowest BCUT2D eigenvalue weighted by Gasteiger charge is -2.07. The van der Waals surface area contributed by atoms with Gasteiger partial charge in [0.2, 0.25) is 0 Å². The Morgan fingerprint density at radius 3 is 2.56 bits per heavy atom. The molecule has 3 heteroatoms. The van der Waals surface area contributed by atoms with E-state index in [0.717, 1.165) is 30.9 Å². The Bertz CT molecular complexity index is 407. The van der Waals surface area contributed by atoms with Crippen LogP contribution in [0.25, 0.3) is 0 Å². The Kier molecular flexibility index (Phi) is 5.98. The molecule has 0 fully saturated rings. The molecule has 0 saturated heterocycles. The van der Waals surface area contributed by atoms with Gasteiger partial charge in [0.25, 0.3) is 5.91 Å². The van der Waals surface area contributed by atoms with Crippen molar-refractivity contribution < 1.29 is 9.53 Å². The predicted molar refractivity (Wildman–Crippen MR) is 73.7 cm³/mol. The summed E-state index contributed by atoms with van der Waals surface area (Å²) < 4.78 is 5.54. The zero-order chi connectivity index (χ0) is 13.4. The van der Waals surface area contributed by atoms with E-state index in [9.17, 15) is 4.79 Å². The van der Waals surface area contributed by atoms with Gasteiger partial charge in [0, 0.05) is 11.3 Å². The summed E-state index contributed by atoms with van der Waals surface area (Å²) >= 11 is 0. The second-order valence-electron chi connectivity index (χ2n) is 4.15. The second kappa shape index (κ2) is 7.54. The number of allylic oxidation sites excluding steroid dienone is 2. The highest BCUT2D eigenvalue weighted by Gasteiger charge is 2.05. The molecule has 0 aromatic heterocycles. The normalized spacial score (nSPS) is 11.2. The fourth-order valence-corrected chi connectivity index (χ4v) is 1.36. The summed E-state index contributed by atoms with van der Waals surface area (Å²) in [5, 5.41) is 2.80. The van der Waals surface area contributed by atoms with Crippen LogP contribution in [0.3, 0.4) is 0 Å². The first kappa shape index (κ1) is 14.3. The van der Waals surface area contributed by atoms with Crippen molar-refractivity contribution >= 4 is 5.91 Å². The van der Waals surface area contributed by atoms with Crippen LogP contribution in [0.15, 0.2) is 36.0 Å². The van der Waals surface area contributed by atoms with Gasteiger partial charge in [-0.3, -0.25) is 4.79 Å². The number of amides is 1. The molecule has 0 spiro atoms. The lowest BCUT2D eigenvalue weighted by molar-refractivity contribution is 0.0966. The van der Waals surface area contributed by atoms with Crippen LogP contribution in [-0.4, -0.2) is 12.5 Å². The molecule has 0 atom stereocenters. The van der Waals surface area contributed by atoms with E-state index in [-0.39, 0.29) is 5.91 Å². The Morgan fingerprint density at radius 1 is 1.33 bits per heavy atom. The van der Waals surface area contributed by atoms with Crippen molar-refractivity contribution in [1.82, 2.24) is 5.32 Å². The summed E-state index contributed by atoms with van der Waals surface area (Å²) in [6, 6.07) is 7.21. The molecule has 3 nitrogen and oxygen atoms in total. The number of rotatable bonds is 6. The second-order valence-corrected chi connectivity index (χ2v) is 4.15. The highest BCUT2D eigenvalue weighted by molar-refractivity contribution is 5.95. The molecule has 98 valence electrons. The van der Waals surface area contributed by atoms with Crippen LogP contribution in [-0.2, 0) is 0 Å². The summed E-state index contributed by atoms with van der Waals surface area (Å²) in [6.07, 6.45) is 4.02. The lowest BCUT2D eigenvalue weighted by Crippen LogP contribution is -2.21. The van der Waals surface area contributed by atoms with Crippen LogP contribution >= 0.6 is 0 Å². The molecule has 0 bridgehead atoms. The van der Waals surface area contributed by atoms with Crippen molar-refractivity contribution in [3.05, 3.63) is 41.6 Å². The summed E-state index contributed by atoms with van der Waals surface area (Å²) in [7, 11) is 0. The fourth-order valence-electron chi connectivity index (χ4n) is 1.36. The quantitative estimate of drug-likeness (QED) is 0.781. The van der Waals surface area contributed by atoms with Gasteiger partial charge in [-0.05, 0) is 44.5 Å². The number of benzene rings is 1. The van der Waals surface area contributed by atoms with E-state index in [1.165, 1.54) is 0 Å². The van der Waals surface area contributed by atoms with Gasteiger partial charge < -0.3 is 10.1 Å². The third-order valence-electron chi connectivity index (χ3n) is 2.63. The number of unbranched alkanes of at least 4 members (excludes halogenated alkanes) is 1. The predicted octanol–water partition coefficient (Wildman–Crippen LogP) is 3.52. The molecule has 0 saturated carbocycles. The van der Waals surface area contributed by atoms with Crippen molar-refractivity contribution in [2.75, 3.05) is 6.61 Å². The summed E-state index contributed by atoms with van der Waals surface area (Å²) in [5.74, 6) is 0.716. The maximum Gasteiger partial charge on any atom is 0.255 e. The molecular weight excluding hydrogens is 226 g/mol. The van der Waals surface area contributed by atoms with Gasteiger partial charge in [-0.25, -0.2) is 0 Å². The molecule has 0 aliphatic carbocycles. The number of ether oxygens (including phenoxy) is 1. The zero-order valence-corrected chi connectivity index (χ0v) is 11.3. The smallest absolute Gasteiger partial charge is 0.255 e. The number of nitrogens with one attached hydrogen (secondary N) is 1. The number of hydrogen-bond acceptors (Lipinski definition) is 2. The van der Waals surface area contributed by atoms with Gasteiger partial charge in [0.1, 0.15) is 5.75 Å². The van der Waals surface area contributed by atoms with Crippen molar-refractivity contribution in [1.29, 1.82) is 0 Å². The molecule has 0 unspecified atom stereocenters. The standard InChI is InChI=1S/C15H21NO2/c1-4-6-11-18-14-9-7-13(8-10-14)15(17)16-12(3)5-2/h5,7-10H,4,6,11H2,1-3H3,(H,16,17)/b12-5+. The van der Waals surface area contributed by atoms with Crippen molar-refractivity contribution in [3.8, 4) is 5.75 Å². The first-order chi connectivity index (χ1) is 8.67. The van der Waals surface area contributed by atoms with Gasteiger partial charge in [-0.1, -0.05) is 19.4 Å². The minimum absolute atomic E-state index is 0.0919. The summed E-state index contributed by atoms with van der Waals surface area (Å²) in [5.41, 5.74) is 1.49. The highest BCUT2D eigenvalue weighted by atomic mass is 16.5. The van der Waals surface area contributed by atoms with Crippen molar-refractivity contribution in [3.63, 3.8) is 0 Å². The number of carbonyl (C=O) groups is 1. The number of carbonyl (C=O) groups excluding carboxylic acids is 1. The molecule has 1 N–H and O–H groups in total. The highest BCUT2D eigenvalue weighted by Crippen LogP contribution is 2.13. The molecule has 1 rings (SSSR count). The Labute approximate surface area is 109 Å². The van der Waals surface area contributed by atoms with Crippen molar-refractivity contribution in [2.24, 2.45) is 0 Å². The van der Waals surface area contributed by atoms with E-state index in [1.807, 2.05) is 32.1 Å². The van der Waals surface area contributed by atoms with Crippen LogP contribution < -0.4 is 10.1 Å². The molecule has 0 aliphatic rings. The Hall–Kier alpha value is -1.77. The van der Waals surface area contributed by atoms with Gasteiger partial charge in [0.15, 0.2) is 0 Å². The molecule has 0 radical (unpaired) electrons. The monoisotopic (exact) mass is 247 g/mol. The molecule has 0 heterocycles. The van der Waals surface area contributed by atoms with E-state index in [0.29, 0.717) is 5.56 Å². The van der Waals surface area contributed by atoms with Crippen LogP contribution in [0, 0.1) is 0 Å². The molecule has 18 heavy (non-hydrogen) atoms. The molecule has 0 aliphatic heterocycles. The Morgan fingerprint density at radius 2 is 2.00 bits per heavy atom. The van der Waals surface area contributed by atoms with Gasteiger partial charge >= 0.3 is 0 Å². The fraction of sp³-hybridized carbons (Fsp3) is 0.400. The van der Waals surface area contributed by atoms with E-state index in [2.05, 4.69) is 12.2 Å². The maximum atomic E-state index is 11.8. The third-order valence-corrected chi connectivity index (χ3v) is 2.63. The molecular formula is C15H21NO2. The lowest BCUT2D eigenvalue weighted by atomic mass is 10.2. The summed E-state index contributed by atoms with van der Waals surface area (Å²) in [6.45, 7) is 6.60. The van der Waals surface area contributed by atoms with Crippen LogP contribution in [0.2, 0.25) is 0 Å².